The van der Waals surface area contributed by atoms with E-state index in [2.05, 4.69) is 15.5 Å². The number of amides is 1. The molecule has 2 fully saturated rings. The Labute approximate surface area is 242 Å². The van der Waals surface area contributed by atoms with E-state index in [4.69, 9.17) is 18.9 Å². The molecule has 2 aliphatic heterocycles. The van der Waals surface area contributed by atoms with Gasteiger partial charge in [-0.05, 0) is 43.2 Å². The highest BCUT2D eigenvalue weighted by Crippen LogP contribution is 2.41. The van der Waals surface area contributed by atoms with Crippen LogP contribution in [-0.4, -0.2) is 67.4 Å². The summed E-state index contributed by atoms with van der Waals surface area (Å²) in [4.78, 5) is 33.2. The standard InChI is InChI=1S/C32H33N5O5/c38-28(11-12-33-20-21-5-4-16-41-21)34-25-10-9-22(31-30(25)24-6-1-2-8-26(24)42-31)23-7-3-13-37-29(39)19-27(35-32(23)37)36-14-17-40-18-15-36/h1-3,6-10,13,19,21,33H,4-5,11-12,14-18,20H2,(H,34,38). The highest BCUT2D eigenvalue weighted by Gasteiger charge is 2.21. The molecule has 5 heterocycles. The largest absolute Gasteiger partial charge is 0.455 e. The maximum Gasteiger partial charge on any atom is 0.259 e. The number of anilines is 2. The molecule has 2 aliphatic rings. The van der Waals surface area contributed by atoms with Crippen LogP contribution in [0.1, 0.15) is 19.3 Å². The van der Waals surface area contributed by atoms with Gasteiger partial charge in [-0.3, -0.25) is 14.0 Å². The van der Waals surface area contributed by atoms with Crippen LogP contribution >= 0.6 is 0 Å². The topological polar surface area (TPSA) is 110 Å². The molecule has 2 aromatic carbocycles. The minimum atomic E-state index is -0.152. The number of carbonyl (C=O) groups excluding carboxylic acids is 1. The highest BCUT2D eigenvalue weighted by atomic mass is 16.5. The lowest BCUT2D eigenvalue weighted by Gasteiger charge is -2.27. The number of rotatable bonds is 8. The number of hydrogen-bond acceptors (Lipinski definition) is 8. The molecule has 5 aromatic rings. The Kier molecular flexibility index (Phi) is 7.33. The van der Waals surface area contributed by atoms with Crippen LogP contribution in [0.4, 0.5) is 11.5 Å². The second-order valence-electron chi connectivity index (χ2n) is 10.8. The number of pyridine rings is 1. The van der Waals surface area contributed by atoms with E-state index in [0.717, 1.165) is 47.9 Å². The van der Waals surface area contributed by atoms with Gasteiger partial charge in [0, 0.05) is 68.0 Å². The fourth-order valence-electron chi connectivity index (χ4n) is 5.91. The van der Waals surface area contributed by atoms with Crippen LogP contribution in [0.15, 0.2) is 70.0 Å². The first-order valence-corrected chi connectivity index (χ1v) is 14.6. The molecule has 0 bridgehead atoms. The lowest BCUT2D eigenvalue weighted by Crippen LogP contribution is -2.37. The minimum absolute atomic E-state index is 0.0808. The number of ether oxygens (including phenoxy) is 2. The number of furan rings is 1. The van der Waals surface area contributed by atoms with E-state index in [1.807, 2.05) is 48.5 Å². The Morgan fingerprint density at radius 2 is 1.90 bits per heavy atom. The highest BCUT2D eigenvalue weighted by molar-refractivity contribution is 6.18. The molecule has 10 heteroatoms. The van der Waals surface area contributed by atoms with Crippen molar-refractivity contribution < 1.29 is 18.7 Å². The van der Waals surface area contributed by atoms with Crippen molar-refractivity contribution in [1.29, 1.82) is 0 Å². The van der Waals surface area contributed by atoms with Crippen LogP contribution in [0, 0.1) is 0 Å². The van der Waals surface area contributed by atoms with E-state index in [1.54, 1.807) is 16.7 Å². The molecule has 216 valence electrons. The summed E-state index contributed by atoms with van der Waals surface area (Å²) in [6.07, 6.45) is 4.47. The number of aromatic nitrogens is 2. The predicted molar refractivity (Wildman–Crippen MR) is 162 cm³/mol. The Balaban J connectivity index is 1.25. The van der Waals surface area contributed by atoms with Crippen molar-refractivity contribution in [3.05, 3.63) is 71.1 Å². The quantitative estimate of drug-likeness (QED) is 0.269. The summed E-state index contributed by atoms with van der Waals surface area (Å²) in [5.74, 6) is 0.552. The van der Waals surface area contributed by atoms with E-state index >= 15 is 0 Å². The van der Waals surface area contributed by atoms with Gasteiger partial charge in [0.2, 0.25) is 5.91 Å². The number of para-hydroxylation sites is 1. The van der Waals surface area contributed by atoms with Crippen LogP contribution in [0.5, 0.6) is 0 Å². The molecule has 42 heavy (non-hydrogen) atoms. The molecule has 0 spiro atoms. The van der Waals surface area contributed by atoms with Crippen LogP contribution in [0.25, 0.3) is 38.7 Å². The molecule has 0 radical (unpaired) electrons. The van der Waals surface area contributed by atoms with Crippen molar-refractivity contribution in [2.24, 2.45) is 0 Å². The normalized spacial score (nSPS) is 17.4. The van der Waals surface area contributed by atoms with E-state index in [0.29, 0.717) is 67.6 Å². The lowest BCUT2D eigenvalue weighted by molar-refractivity contribution is -0.116. The van der Waals surface area contributed by atoms with E-state index < -0.39 is 0 Å². The van der Waals surface area contributed by atoms with Crippen molar-refractivity contribution >= 4 is 45.0 Å². The smallest absolute Gasteiger partial charge is 0.259 e. The lowest BCUT2D eigenvalue weighted by atomic mass is 10.0. The molecule has 1 atom stereocenters. The van der Waals surface area contributed by atoms with E-state index in [9.17, 15) is 9.59 Å². The molecule has 7 rings (SSSR count). The number of nitrogens with zero attached hydrogens (tertiary/aromatic N) is 3. The Morgan fingerprint density at radius 1 is 1.02 bits per heavy atom. The summed E-state index contributed by atoms with van der Waals surface area (Å²) in [5.41, 5.74) is 3.98. The van der Waals surface area contributed by atoms with E-state index in [1.165, 1.54) is 0 Å². The second kappa shape index (κ2) is 11.6. The van der Waals surface area contributed by atoms with Crippen LogP contribution < -0.4 is 21.1 Å². The number of hydrogen-bond donors (Lipinski definition) is 2. The molecular weight excluding hydrogens is 534 g/mol. The Bertz CT molecular complexity index is 1820. The van der Waals surface area contributed by atoms with Gasteiger partial charge in [0.05, 0.1) is 30.4 Å². The summed E-state index contributed by atoms with van der Waals surface area (Å²) in [6.45, 7) is 4.70. The zero-order valence-electron chi connectivity index (χ0n) is 23.3. The number of carbonyl (C=O) groups is 1. The molecule has 1 amide bonds. The van der Waals surface area contributed by atoms with Crippen molar-refractivity contribution in [2.75, 3.05) is 56.2 Å². The van der Waals surface area contributed by atoms with Gasteiger partial charge in [-0.25, -0.2) is 4.98 Å². The molecule has 2 N–H and O–H groups in total. The summed E-state index contributed by atoms with van der Waals surface area (Å²) in [6, 6.07) is 17.0. The minimum Gasteiger partial charge on any atom is -0.455 e. The second-order valence-corrected chi connectivity index (χ2v) is 10.8. The van der Waals surface area contributed by atoms with Crippen LogP contribution in [0.2, 0.25) is 0 Å². The molecule has 10 nitrogen and oxygen atoms in total. The molecule has 1 unspecified atom stereocenters. The van der Waals surface area contributed by atoms with Crippen LogP contribution in [0.3, 0.4) is 0 Å². The molecule has 0 aliphatic carbocycles. The third-order valence-electron chi connectivity index (χ3n) is 8.03. The van der Waals surface area contributed by atoms with Gasteiger partial charge in [-0.2, -0.15) is 0 Å². The monoisotopic (exact) mass is 567 g/mol. The van der Waals surface area contributed by atoms with Gasteiger partial charge in [-0.1, -0.05) is 18.2 Å². The fraction of sp³-hybridized carbons (Fsp3) is 0.344. The first-order valence-electron chi connectivity index (χ1n) is 14.6. The fourth-order valence-corrected chi connectivity index (χ4v) is 5.91. The summed E-state index contributed by atoms with van der Waals surface area (Å²) in [7, 11) is 0. The van der Waals surface area contributed by atoms with Crippen molar-refractivity contribution in [2.45, 2.75) is 25.4 Å². The zero-order chi connectivity index (χ0) is 28.5. The third kappa shape index (κ3) is 5.13. The summed E-state index contributed by atoms with van der Waals surface area (Å²) >= 11 is 0. The number of morpholine rings is 1. The molecule has 0 saturated carbocycles. The van der Waals surface area contributed by atoms with E-state index in [-0.39, 0.29) is 17.6 Å². The molecule has 2 saturated heterocycles. The maximum absolute atomic E-state index is 13.2. The number of fused-ring (bicyclic) bond motifs is 4. The summed E-state index contributed by atoms with van der Waals surface area (Å²) in [5, 5.41) is 8.17. The first kappa shape index (κ1) is 26.6. The average Bonchev–Trinajstić information content (AvgIpc) is 3.68. The predicted octanol–water partition coefficient (Wildman–Crippen LogP) is 4.19. The van der Waals surface area contributed by atoms with Gasteiger partial charge < -0.3 is 29.4 Å². The van der Waals surface area contributed by atoms with Crippen molar-refractivity contribution in [3.63, 3.8) is 0 Å². The molecule has 3 aromatic heterocycles. The third-order valence-corrected chi connectivity index (χ3v) is 8.03. The van der Waals surface area contributed by atoms with Gasteiger partial charge in [-0.15, -0.1) is 0 Å². The zero-order valence-corrected chi connectivity index (χ0v) is 23.3. The number of benzene rings is 2. The van der Waals surface area contributed by atoms with Gasteiger partial charge >= 0.3 is 0 Å². The van der Waals surface area contributed by atoms with Gasteiger partial charge in [0.1, 0.15) is 22.6 Å². The van der Waals surface area contributed by atoms with Gasteiger partial charge in [0.15, 0.2) is 0 Å². The maximum atomic E-state index is 13.2. The SMILES string of the molecule is O=C(CCNCC1CCCO1)Nc1ccc(-c2cccn3c(=O)cc(N4CCOCC4)nc23)c2oc3ccccc3c12. The van der Waals surface area contributed by atoms with Crippen LogP contribution in [-0.2, 0) is 14.3 Å². The van der Waals surface area contributed by atoms with Crippen molar-refractivity contribution in [3.8, 4) is 11.1 Å². The van der Waals surface area contributed by atoms with Gasteiger partial charge in [0.25, 0.3) is 5.56 Å². The Morgan fingerprint density at radius 3 is 2.76 bits per heavy atom. The Hall–Kier alpha value is -4.25. The summed E-state index contributed by atoms with van der Waals surface area (Å²) < 4.78 is 19.1. The average molecular weight is 568 g/mol. The first-order chi connectivity index (χ1) is 20.7. The number of nitrogens with one attached hydrogen (secondary N) is 2. The van der Waals surface area contributed by atoms with Crippen molar-refractivity contribution in [1.82, 2.24) is 14.7 Å². The molecular formula is C32H33N5O5.